The Bertz CT molecular complexity index is 1240. The number of halogens is 1. The summed E-state index contributed by atoms with van der Waals surface area (Å²) >= 11 is -1.81. The van der Waals surface area contributed by atoms with Crippen molar-refractivity contribution < 1.29 is 53.2 Å². The first kappa shape index (κ1) is 26.6. The van der Waals surface area contributed by atoms with Gasteiger partial charge in [0.15, 0.2) is 0 Å². The number of amides is 1. The number of phenols is 1. The number of aliphatic hydroxyl groups excluding tert-OH is 2. The zero-order valence-electron chi connectivity index (χ0n) is 21.1. The van der Waals surface area contributed by atoms with Gasteiger partial charge in [0.05, 0.1) is 0 Å². The molecule has 0 heterocycles. The van der Waals surface area contributed by atoms with Gasteiger partial charge in [-0.05, 0) is 0 Å². The number of aryl methyl sites for hydroxylation is 1. The molecular formula is C26H34IN2O7-. The number of ketones is 2. The summed E-state index contributed by atoms with van der Waals surface area (Å²) in [5.74, 6) is -6.31. The van der Waals surface area contributed by atoms with E-state index in [-0.39, 0.29) is 23.3 Å². The van der Waals surface area contributed by atoms with Gasteiger partial charge in [0.25, 0.3) is 0 Å². The standard InChI is InChI=1S/C26H34IN2O7/c1-27(2,3)9-8-12-6-7-16(30)18-14(12)10-13-11-15-20(29(4)5)22(32)19(25(28)35)24(34)26(15,36)23(33)17(13)21(18)31/h6-7,13,15,20,30-31,34,36H,8-11H2,1-5H3,(H2,28,35)/q-1/t13-,15-,20-,26-/m0/s1. The Morgan fingerprint density at radius 3 is 2.36 bits per heavy atom. The Balaban J connectivity index is 1.91. The van der Waals surface area contributed by atoms with E-state index in [9.17, 15) is 34.8 Å². The molecule has 198 valence electrons. The number of phenolic OH excluding ortho intramolecular Hbond substituents is 1. The summed E-state index contributed by atoms with van der Waals surface area (Å²) in [5.41, 5.74) is 3.70. The number of primary amides is 1. The number of likely N-dealkylation sites (N-methyl/N-ethyl adjacent to an activating group) is 1. The molecule has 1 saturated carbocycles. The molecule has 0 aromatic heterocycles. The summed E-state index contributed by atoms with van der Waals surface area (Å²) in [7, 11) is 3.17. The number of carbonyl (C=O) groups is 3. The van der Waals surface area contributed by atoms with Crippen LogP contribution in [-0.2, 0) is 27.2 Å². The average molecular weight is 613 g/mol. The fourth-order valence-corrected chi connectivity index (χ4v) is 8.13. The van der Waals surface area contributed by atoms with Gasteiger partial charge in [-0.1, -0.05) is 0 Å². The predicted octanol–water partition coefficient (Wildman–Crippen LogP) is -2.44. The normalized spacial score (nSPS) is 28.7. The van der Waals surface area contributed by atoms with Gasteiger partial charge >= 0.3 is 204 Å². The number of hydrogen-bond donors (Lipinski definition) is 5. The van der Waals surface area contributed by atoms with Crippen LogP contribution < -0.4 is 24.2 Å². The van der Waals surface area contributed by atoms with Crippen molar-refractivity contribution in [3.05, 3.63) is 45.7 Å². The molecule has 0 spiro atoms. The summed E-state index contributed by atoms with van der Waals surface area (Å²) in [6, 6.07) is 2.26. The molecule has 0 aliphatic heterocycles. The van der Waals surface area contributed by atoms with E-state index in [0.29, 0.717) is 6.42 Å². The van der Waals surface area contributed by atoms with Crippen LogP contribution in [0.15, 0.2) is 29.0 Å². The van der Waals surface area contributed by atoms with Crippen molar-refractivity contribution >= 4 is 23.2 Å². The second kappa shape index (κ2) is 8.84. The zero-order chi connectivity index (χ0) is 26.9. The van der Waals surface area contributed by atoms with E-state index in [1.165, 1.54) is 11.0 Å². The van der Waals surface area contributed by atoms with Gasteiger partial charge in [-0.15, -0.1) is 0 Å². The molecule has 4 atom stereocenters. The number of hydrogen-bond acceptors (Lipinski definition) is 8. The fraction of sp³-hybridized carbons (Fsp3) is 0.500. The number of fused-ring (bicyclic) bond motifs is 3. The van der Waals surface area contributed by atoms with Gasteiger partial charge in [-0.25, -0.2) is 0 Å². The molecule has 1 fully saturated rings. The molecule has 10 heteroatoms. The quantitative estimate of drug-likeness (QED) is 0.139. The first-order chi connectivity index (χ1) is 16.6. The molecule has 1 aromatic rings. The van der Waals surface area contributed by atoms with E-state index in [1.54, 1.807) is 14.1 Å². The van der Waals surface area contributed by atoms with Gasteiger partial charge in [0, 0.05) is 0 Å². The van der Waals surface area contributed by atoms with Gasteiger partial charge in [-0.3, -0.25) is 4.79 Å². The van der Waals surface area contributed by atoms with Crippen LogP contribution in [0.4, 0.5) is 0 Å². The van der Waals surface area contributed by atoms with Crippen molar-refractivity contribution in [2.75, 3.05) is 33.3 Å². The van der Waals surface area contributed by atoms with Crippen molar-refractivity contribution in [1.82, 2.24) is 4.90 Å². The topological polar surface area (TPSA) is 161 Å². The van der Waals surface area contributed by atoms with Crippen LogP contribution in [0.5, 0.6) is 5.75 Å². The third-order valence-electron chi connectivity index (χ3n) is 7.63. The molecule has 0 saturated heterocycles. The molecular weight excluding hydrogens is 579 g/mol. The van der Waals surface area contributed by atoms with Crippen LogP contribution in [0.2, 0.25) is 0 Å². The molecule has 1 aromatic carbocycles. The Labute approximate surface area is 214 Å². The molecule has 0 radical (unpaired) electrons. The van der Waals surface area contributed by atoms with Crippen LogP contribution in [0.25, 0.3) is 5.76 Å². The van der Waals surface area contributed by atoms with E-state index >= 15 is 0 Å². The number of nitrogens with two attached hydrogens (primary N) is 1. The summed E-state index contributed by atoms with van der Waals surface area (Å²) in [6.45, 7) is 0. The predicted molar refractivity (Wildman–Crippen MR) is 131 cm³/mol. The van der Waals surface area contributed by atoms with E-state index < -0.39 is 76.5 Å². The number of aromatic hydroxyl groups is 1. The molecule has 1 amide bonds. The monoisotopic (exact) mass is 613 g/mol. The van der Waals surface area contributed by atoms with Crippen molar-refractivity contribution in [1.29, 1.82) is 0 Å². The van der Waals surface area contributed by atoms with Crippen LogP contribution in [0.1, 0.15) is 23.1 Å². The van der Waals surface area contributed by atoms with Gasteiger partial charge < -0.3 is 5.73 Å². The van der Waals surface area contributed by atoms with Crippen molar-refractivity contribution in [3.8, 4) is 5.75 Å². The van der Waals surface area contributed by atoms with Gasteiger partial charge in [0.2, 0.25) is 0 Å². The van der Waals surface area contributed by atoms with Crippen molar-refractivity contribution in [3.63, 3.8) is 0 Å². The number of nitrogens with zero attached hydrogens (tertiary/aromatic N) is 1. The van der Waals surface area contributed by atoms with Crippen LogP contribution in [-0.4, -0.2) is 87.8 Å². The number of aliphatic hydroxyl groups is 3. The number of Topliss-reactive ketones (excluding diaryl/α,β-unsaturated/α-hetero) is 2. The van der Waals surface area contributed by atoms with Gasteiger partial charge in [0.1, 0.15) is 0 Å². The number of benzene rings is 1. The number of carbonyl (C=O) groups excluding carboxylic acids is 3. The minimum absolute atomic E-state index is 0.0947. The molecule has 3 aliphatic rings. The summed E-state index contributed by atoms with van der Waals surface area (Å²) < 4.78 is 1.04. The van der Waals surface area contributed by atoms with E-state index in [2.05, 4.69) is 14.8 Å². The van der Waals surface area contributed by atoms with Crippen LogP contribution in [0.3, 0.4) is 0 Å². The average Bonchev–Trinajstić information content (AvgIpc) is 2.74. The molecule has 6 N–H and O–H groups in total. The summed E-state index contributed by atoms with van der Waals surface area (Å²) in [5, 5.41) is 44.4. The second-order valence-electron chi connectivity index (χ2n) is 10.9. The Hall–Kier alpha value is -2.44. The Kier molecular flexibility index (Phi) is 6.54. The molecule has 0 bridgehead atoms. The first-order valence-electron chi connectivity index (χ1n) is 11.6. The van der Waals surface area contributed by atoms with Crippen molar-refractivity contribution in [2.45, 2.75) is 30.9 Å². The second-order valence-corrected chi connectivity index (χ2v) is 23.1. The molecule has 3 aliphatic carbocycles. The summed E-state index contributed by atoms with van der Waals surface area (Å²) in [6.07, 6.45) is 1.20. The fourth-order valence-electron chi connectivity index (χ4n) is 5.93. The first-order valence-corrected chi connectivity index (χ1v) is 19.6. The van der Waals surface area contributed by atoms with E-state index in [0.717, 1.165) is 22.0 Å². The zero-order valence-corrected chi connectivity index (χ0v) is 23.3. The maximum atomic E-state index is 13.8. The number of alkyl halides is 4. The molecule has 36 heavy (non-hydrogen) atoms. The Morgan fingerprint density at radius 1 is 1.17 bits per heavy atom. The minimum atomic E-state index is -2.61. The molecule has 4 rings (SSSR count). The molecule has 9 nitrogen and oxygen atoms in total. The number of rotatable bonds is 5. The maximum absolute atomic E-state index is 13.8. The van der Waals surface area contributed by atoms with E-state index in [4.69, 9.17) is 5.73 Å². The van der Waals surface area contributed by atoms with Crippen LogP contribution >= 0.6 is 0 Å². The van der Waals surface area contributed by atoms with E-state index in [1.807, 2.05) is 6.07 Å². The Morgan fingerprint density at radius 2 is 1.81 bits per heavy atom. The third-order valence-corrected chi connectivity index (χ3v) is 11.4. The van der Waals surface area contributed by atoms with Gasteiger partial charge in [-0.2, -0.15) is 0 Å². The molecule has 0 unspecified atom stereocenters. The summed E-state index contributed by atoms with van der Waals surface area (Å²) in [4.78, 5) is 47.4. The van der Waals surface area contributed by atoms with Crippen molar-refractivity contribution in [2.24, 2.45) is 17.6 Å². The SMILES string of the molecule is CN(C)[C@@H]1C(=O)C(C(N)=O)=C(O)[C@@]2(O)C(=O)C3=C(O)c4c(O)ccc(CC[I-](C)(C)C)c4C[C@H]3C[C@@H]12. The van der Waals surface area contributed by atoms with Crippen LogP contribution in [0, 0.1) is 11.8 Å². The third kappa shape index (κ3) is 3.93.